The average molecular weight is 973 g/mol. The number of aliphatic hydroxyl groups is 2. The second-order valence-electron chi connectivity index (χ2n) is 20.3. The number of hydrogen-bond donors (Lipinski definition) is 3. The van der Waals surface area contributed by atoms with Crippen LogP contribution in [0.4, 0.5) is 0 Å². The number of cyclic esters (lactones) is 1. The number of Topliss-reactive ketones (excluding diaryl/α,β-unsaturated/α-hetero) is 3. The molecule has 16 nitrogen and oxygen atoms in total. The third-order valence-electron chi connectivity index (χ3n) is 14.9. The van der Waals surface area contributed by atoms with Crippen LogP contribution in [0.1, 0.15) is 137 Å². The van der Waals surface area contributed by atoms with E-state index in [0.29, 0.717) is 81.9 Å². The van der Waals surface area contributed by atoms with Gasteiger partial charge in [0, 0.05) is 59.1 Å². The molecule has 2 saturated heterocycles. The van der Waals surface area contributed by atoms with Crippen LogP contribution in [0.15, 0.2) is 36.0 Å². The number of ketones is 3. The van der Waals surface area contributed by atoms with E-state index in [4.69, 9.17) is 28.4 Å². The van der Waals surface area contributed by atoms with E-state index in [1.807, 2.05) is 32.9 Å². The van der Waals surface area contributed by atoms with E-state index < -0.39 is 71.8 Å². The quantitative estimate of drug-likeness (QED) is 0.0478. The summed E-state index contributed by atoms with van der Waals surface area (Å²) in [5.41, 5.74) is 1.15. The Morgan fingerprint density at radius 3 is 2.29 bits per heavy atom. The van der Waals surface area contributed by atoms with Gasteiger partial charge in [-0.1, -0.05) is 58.8 Å². The van der Waals surface area contributed by atoms with Crippen LogP contribution in [0.25, 0.3) is 0 Å². The van der Waals surface area contributed by atoms with Crippen molar-refractivity contribution >= 4 is 35.6 Å². The minimum absolute atomic E-state index is 0.00858. The Bertz CT molecular complexity index is 1780. The number of piperidine rings is 1. The highest BCUT2D eigenvalue weighted by Gasteiger charge is 2.56. The van der Waals surface area contributed by atoms with E-state index in [2.05, 4.69) is 11.9 Å². The van der Waals surface area contributed by atoms with Crippen molar-refractivity contribution in [1.29, 1.82) is 0 Å². The molecular formula is C53H84N2O14. The van der Waals surface area contributed by atoms with Crippen molar-refractivity contribution in [1.82, 2.24) is 10.2 Å². The topological polar surface area (TPSA) is 214 Å². The first-order valence-electron chi connectivity index (χ1n) is 25.5. The molecule has 3 unspecified atom stereocenters. The number of aliphatic hydroxyl groups excluding tert-OH is 1. The average Bonchev–Trinajstić information content (AvgIpc) is 3.33. The summed E-state index contributed by atoms with van der Waals surface area (Å²) in [6, 6.07) is -1.18. The Hall–Kier alpha value is -3.64. The second-order valence-corrected chi connectivity index (χ2v) is 20.3. The minimum atomic E-state index is -2.53. The first-order chi connectivity index (χ1) is 32.9. The van der Waals surface area contributed by atoms with Gasteiger partial charge in [-0.05, 0) is 113 Å². The van der Waals surface area contributed by atoms with Gasteiger partial charge in [0.05, 0.1) is 30.5 Å². The van der Waals surface area contributed by atoms with E-state index in [9.17, 15) is 39.0 Å². The van der Waals surface area contributed by atoms with Crippen LogP contribution in [-0.2, 0) is 57.2 Å². The van der Waals surface area contributed by atoms with Crippen molar-refractivity contribution in [3.63, 3.8) is 0 Å². The van der Waals surface area contributed by atoms with Crippen molar-refractivity contribution in [3.05, 3.63) is 36.0 Å². The third-order valence-corrected chi connectivity index (χ3v) is 14.9. The van der Waals surface area contributed by atoms with Crippen molar-refractivity contribution in [2.24, 2.45) is 29.6 Å². The zero-order chi connectivity index (χ0) is 50.8. The van der Waals surface area contributed by atoms with Crippen LogP contribution >= 0.6 is 0 Å². The normalized spacial score (nSPS) is 35.0. The van der Waals surface area contributed by atoms with Crippen molar-refractivity contribution in [2.45, 2.75) is 192 Å². The number of amides is 2. The van der Waals surface area contributed by atoms with Crippen molar-refractivity contribution < 1.29 is 67.4 Å². The van der Waals surface area contributed by atoms with Gasteiger partial charge >= 0.3 is 5.97 Å². The molecule has 4 rings (SSSR count). The number of ether oxygens (including phenoxy) is 6. The molecule has 1 aliphatic carbocycles. The largest absolute Gasteiger partial charge is 0.456 e. The predicted molar refractivity (Wildman–Crippen MR) is 258 cm³/mol. The van der Waals surface area contributed by atoms with E-state index in [-0.39, 0.29) is 73.9 Å². The number of fused-ring (bicyclic) bond motifs is 3. The summed E-state index contributed by atoms with van der Waals surface area (Å²) in [7, 11) is 4.66. The molecular weight excluding hydrogens is 889 g/mol. The Kier molecular flexibility index (Phi) is 23.9. The van der Waals surface area contributed by atoms with Gasteiger partial charge in [0.15, 0.2) is 11.6 Å². The summed E-state index contributed by atoms with van der Waals surface area (Å²) < 4.78 is 36.4. The Morgan fingerprint density at radius 2 is 1.61 bits per heavy atom. The molecule has 2 amide bonds. The fraction of sp³-hybridized carbons (Fsp3) is 0.774. The summed E-state index contributed by atoms with van der Waals surface area (Å²) >= 11 is 0. The Morgan fingerprint density at radius 1 is 0.913 bits per heavy atom. The van der Waals surface area contributed by atoms with Crippen LogP contribution in [0.3, 0.4) is 0 Å². The van der Waals surface area contributed by atoms with Crippen LogP contribution in [0, 0.1) is 29.6 Å². The van der Waals surface area contributed by atoms with Gasteiger partial charge in [-0.25, -0.2) is 4.79 Å². The zero-order valence-electron chi connectivity index (χ0n) is 42.7. The molecule has 0 aromatic heterocycles. The number of nitrogens with zero attached hydrogens (tertiary/aromatic N) is 1. The number of unbranched alkanes of at least 4 members (excludes halogenated alkanes) is 3. The van der Waals surface area contributed by atoms with E-state index >= 15 is 0 Å². The fourth-order valence-corrected chi connectivity index (χ4v) is 10.9. The van der Waals surface area contributed by atoms with Crippen LogP contribution in [-0.4, -0.2) is 146 Å². The van der Waals surface area contributed by atoms with Crippen molar-refractivity contribution in [3.8, 4) is 0 Å². The van der Waals surface area contributed by atoms with Crippen LogP contribution in [0.2, 0.25) is 0 Å². The third kappa shape index (κ3) is 16.2. The molecule has 3 heterocycles. The lowest BCUT2D eigenvalue weighted by Gasteiger charge is -2.47. The van der Waals surface area contributed by atoms with Gasteiger partial charge in [0.25, 0.3) is 11.7 Å². The molecule has 2 bridgehead atoms. The van der Waals surface area contributed by atoms with E-state index in [1.54, 1.807) is 27.0 Å². The highest BCUT2D eigenvalue weighted by Crippen LogP contribution is 2.39. The maximum atomic E-state index is 14.5. The van der Waals surface area contributed by atoms with Crippen LogP contribution < -0.4 is 5.32 Å². The predicted octanol–water partition coefficient (Wildman–Crippen LogP) is 5.93. The van der Waals surface area contributed by atoms with E-state index in [1.165, 1.54) is 19.1 Å². The van der Waals surface area contributed by atoms with Crippen molar-refractivity contribution in [2.75, 3.05) is 41.0 Å². The first kappa shape index (κ1) is 57.9. The smallest absolute Gasteiger partial charge is 0.329 e. The highest BCUT2D eigenvalue weighted by molar-refractivity contribution is 6.39. The molecule has 3 N–H and O–H groups in total. The summed E-state index contributed by atoms with van der Waals surface area (Å²) in [5, 5.41) is 26.7. The van der Waals surface area contributed by atoms with Gasteiger partial charge < -0.3 is 48.9 Å². The Balaban J connectivity index is 1.63. The molecule has 390 valence electrons. The lowest BCUT2D eigenvalue weighted by molar-refractivity contribution is -0.302. The van der Waals surface area contributed by atoms with Gasteiger partial charge in [-0.3, -0.25) is 24.0 Å². The standard InChI is InChI=1S/C53H84N2O14/c1-10-17-39-25-33(2)24-34(3)26-46(65-8)49-47(66-9)28-36(5)53(63,69-49)50(60)51(61)55-23-16-14-19-41(55)52(62)68-48(37(6)42(58)30-43(39)59)35(4)27-38-20-21-44(45(29-38)64-7)67-31-40(57)18-13-11-12-15-22-54-32-56/h10,25,27,32-34,36-38,41-42,44-49,58,63H,1,11-24,26,28-31H2,2-9H3,(H,54,56)/t33?,34-,36+,37+,38-,41-,42-,44+,45+,46-,47-,48?,49?,53+/m0/s1. The molecule has 69 heavy (non-hydrogen) atoms. The number of carbonyl (C=O) groups excluding carboxylic acids is 6. The minimum Gasteiger partial charge on any atom is -0.456 e. The first-order valence-corrected chi connectivity index (χ1v) is 25.5. The molecule has 14 atom stereocenters. The maximum Gasteiger partial charge on any atom is 0.329 e. The lowest BCUT2D eigenvalue weighted by Crippen LogP contribution is -2.64. The number of rotatable bonds is 18. The number of nitrogens with one attached hydrogen (secondary N) is 1. The van der Waals surface area contributed by atoms with Gasteiger partial charge in [-0.15, -0.1) is 6.58 Å². The number of carbonyl (C=O) groups is 6. The fourth-order valence-electron chi connectivity index (χ4n) is 10.9. The number of hydrogen-bond acceptors (Lipinski definition) is 14. The summed E-state index contributed by atoms with van der Waals surface area (Å²) in [5.74, 6) is -7.52. The van der Waals surface area contributed by atoms with E-state index in [0.717, 1.165) is 25.7 Å². The Labute approximate surface area is 410 Å². The molecule has 16 heteroatoms. The molecule has 0 aromatic rings. The van der Waals surface area contributed by atoms with Gasteiger partial charge in [0.1, 0.15) is 24.9 Å². The molecule has 0 aromatic carbocycles. The van der Waals surface area contributed by atoms with Crippen LogP contribution in [0.5, 0.6) is 0 Å². The zero-order valence-corrected chi connectivity index (χ0v) is 42.7. The monoisotopic (exact) mass is 973 g/mol. The maximum absolute atomic E-state index is 14.5. The highest BCUT2D eigenvalue weighted by atomic mass is 16.7. The molecule has 3 fully saturated rings. The van der Waals surface area contributed by atoms with Gasteiger partial charge in [-0.2, -0.15) is 0 Å². The number of allylic oxidation sites excluding steroid dienone is 4. The molecule has 3 aliphatic heterocycles. The molecule has 0 spiro atoms. The second kappa shape index (κ2) is 28.4. The summed E-state index contributed by atoms with van der Waals surface area (Å²) in [4.78, 5) is 81.7. The summed E-state index contributed by atoms with van der Waals surface area (Å²) in [6.07, 6.45) is 9.59. The molecule has 1 saturated carbocycles. The lowest BCUT2D eigenvalue weighted by atomic mass is 9.81. The SMILES string of the molecule is C=CCC1=CC(C)C[C@H](C)C[C@H](OC)C2O[C@@](O)(C(=O)C(=O)N3CCCC[C@H]3C(=O)OC(C(C)=C[C@@H]3CC[C@@H](OCC(=O)CCCCCCNC=O)[C@H](OC)C3)[C@H](C)[C@@H](O)CC1=O)[C@H](C)C[C@@H]2OC. The number of esters is 1. The molecule has 0 radical (unpaired) electrons. The summed E-state index contributed by atoms with van der Waals surface area (Å²) in [6.45, 7) is 13.8. The molecule has 4 aliphatic rings. The number of methoxy groups -OCH3 is 3. The van der Waals surface area contributed by atoms with Gasteiger partial charge in [0.2, 0.25) is 12.2 Å².